The number of halogens is 1. The van der Waals surface area contributed by atoms with Crippen molar-refractivity contribution in [1.82, 2.24) is 5.32 Å². The Hall–Kier alpha value is -0.340. The van der Waals surface area contributed by atoms with Crippen molar-refractivity contribution in [3.63, 3.8) is 0 Å². The van der Waals surface area contributed by atoms with Crippen molar-refractivity contribution in [2.45, 2.75) is 46.6 Å². The maximum absolute atomic E-state index is 3.66. The van der Waals surface area contributed by atoms with Crippen LogP contribution in [-0.4, -0.2) is 12.6 Å². The molecule has 1 atom stereocenters. The fraction of sp³-hybridized carbons (Fsp3) is 0.600. The number of hydrogen-bond acceptors (Lipinski definition) is 1. The number of nitrogens with one attached hydrogen (secondary N) is 1. The second-order valence-electron chi connectivity index (χ2n) is 5.67. The Balaban J connectivity index is 2.76. The van der Waals surface area contributed by atoms with E-state index in [4.69, 9.17) is 0 Å². The van der Waals surface area contributed by atoms with Crippen LogP contribution in [0.3, 0.4) is 0 Å². The van der Waals surface area contributed by atoms with Gasteiger partial charge in [0.05, 0.1) is 0 Å². The minimum atomic E-state index is 0.282. The molecule has 1 N–H and O–H groups in total. The van der Waals surface area contributed by atoms with E-state index >= 15 is 0 Å². The van der Waals surface area contributed by atoms with Gasteiger partial charge in [0, 0.05) is 10.5 Å². The predicted octanol–water partition coefficient (Wildman–Crippen LogP) is 4.41. The Morgan fingerprint density at radius 1 is 1.24 bits per heavy atom. The molecule has 0 fully saturated rings. The summed E-state index contributed by atoms with van der Waals surface area (Å²) in [6.07, 6.45) is 2.26. The zero-order valence-electron chi connectivity index (χ0n) is 11.4. The quantitative estimate of drug-likeness (QED) is 0.849. The molecule has 0 saturated carbocycles. The first kappa shape index (κ1) is 14.7. The van der Waals surface area contributed by atoms with Crippen molar-refractivity contribution in [2.24, 2.45) is 5.41 Å². The first-order chi connectivity index (χ1) is 7.95. The Kier molecular flexibility index (Phi) is 5.68. The minimum Gasteiger partial charge on any atom is -0.313 e. The highest BCUT2D eigenvalue weighted by Crippen LogP contribution is 2.25. The van der Waals surface area contributed by atoms with Gasteiger partial charge in [-0.25, -0.2) is 0 Å². The van der Waals surface area contributed by atoms with E-state index < -0.39 is 0 Å². The van der Waals surface area contributed by atoms with E-state index in [0.29, 0.717) is 6.04 Å². The molecule has 1 aromatic carbocycles. The lowest BCUT2D eigenvalue weighted by atomic mass is 9.83. The molecule has 0 aliphatic carbocycles. The zero-order chi connectivity index (χ0) is 12.9. The van der Waals surface area contributed by atoms with Gasteiger partial charge in [-0.15, -0.1) is 0 Å². The molecule has 0 aliphatic rings. The molecule has 17 heavy (non-hydrogen) atoms. The monoisotopic (exact) mass is 297 g/mol. The fourth-order valence-corrected chi connectivity index (χ4v) is 2.33. The van der Waals surface area contributed by atoms with Gasteiger partial charge < -0.3 is 5.32 Å². The first-order valence-electron chi connectivity index (χ1n) is 6.42. The Labute approximate surface area is 114 Å². The van der Waals surface area contributed by atoms with E-state index in [9.17, 15) is 0 Å². The van der Waals surface area contributed by atoms with Crippen molar-refractivity contribution in [3.05, 3.63) is 34.3 Å². The molecule has 0 heterocycles. The first-order valence-corrected chi connectivity index (χ1v) is 7.21. The minimum absolute atomic E-state index is 0.282. The van der Waals surface area contributed by atoms with E-state index in [1.54, 1.807) is 0 Å². The van der Waals surface area contributed by atoms with Crippen LogP contribution >= 0.6 is 15.9 Å². The summed E-state index contributed by atoms with van der Waals surface area (Å²) in [5.41, 5.74) is 1.67. The maximum Gasteiger partial charge on any atom is 0.0207 e. The van der Waals surface area contributed by atoms with Crippen LogP contribution in [0.25, 0.3) is 0 Å². The maximum atomic E-state index is 3.66. The van der Waals surface area contributed by atoms with Crippen LogP contribution in [0.4, 0.5) is 0 Å². The highest BCUT2D eigenvalue weighted by atomic mass is 79.9. The van der Waals surface area contributed by atoms with Crippen LogP contribution < -0.4 is 5.32 Å². The third-order valence-electron chi connectivity index (χ3n) is 3.07. The SMILES string of the molecule is CCCNC(Cc1ccccc1Br)C(C)(C)C. The molecule has 0 bridgehead atoms. The summed E-state index contributed by atoms with van der Waals surface area (Å²) < 4.78 is 1.22. The van der Waals surface area contributed by atoms with Crippen LogP contribution in [0.15, 0.2) is 28.7 Å². The molecule has 0 radical (unpaired) electrons. The van der Waals surface area contributed by atoms with Crippen molar-refractivity contribution in [1.29, 1.82) is 0 Å². The van der Waals surface area contributed by atoms with Crippen LogP contribution in [0, 0.1) is 5.41 Å². The molecule has 1 rings (SSSR count). The van der Waals surface area contributed by atoms with Crippen LogP contribution in [0.2, 0.25) is 0 Å². The molecule has 0 saturated heterocycles. The number of benzene rings is 1. The summed E-state index contributed by atoms with van der Waals surface area (Å²) in [5, 5.41) is 3.66. The summed E-state index contributed by atoms with van der Waals surface area (Å²) >= 11 is 3.63. The van der Waals surface area contributed by atoms with Crippen molar-refractivity contribution in [2.75, 3.05) is 6.54 Å². The van der Waals surface area contributed by atoms with E-state index in [1.165, 1.54) is 16.5 Å². The van der Waals surface area contributed by atoms with Crippen LogP contribution in [-0.2, 0) is 6.42 Å². The van der Waals surface area contributed by atoms with Crippen LogP contribution in [0.1, 0.15) is 39.7 Å². The van der Waals surface area contributed by atoms with E-state index in [0.717, 1.165) is 13.0 Å². The molecule has 96 valence electrons. The van der Waals surface area contributed by atoms with Gasteiger partial charge in [0.2, 0.25) is 0 Å². The third-order valence-corrected chi connectivity index (χ3v) is 3.84. The van der Waals surface area contributed by atoms with Gasteiger partial charge in [-0.05, 0) is 36.4 Å². The average molecular weight is 298 g/mol. The molecular weight excluding hydrogens is 274 g/mol. The van der Waals surface area contributed by atoms with Crippen molar-refractivity contribution in [3.8, 4) is 0 Å². The van der Waals surface area contributed by atoms with Crippen molar-refractivity contribution >= 4 is 15.9 Å². The second-order valence-corrected chi connectivity index (χ2v) is 6.52. The Bertz CT molecular complexity index is 341. The lowest BCUT2D eigenvalue weighted by molar-refractivity contribution is 0.266. The molecule has 2 heteroatoms. The van der Waals surface area contributed by atoms with Gasteiger partial charge in [0.25, 0.3) is 0 Å². The molecular formula is C15H24BrN. The summed E-state index contributed by atoms with van der Waals surface area (Å²) in [5.74, 6) is 0. The van der Waals surface area contributed by atoms with E-state index in [2.05, 4.69) is 73.2 Å². The normalized spacial score (nSPS) is 13.7. The van der Waals surface area contributed by atoms with E-state index in [-0.39, 0.29) is 5.41 Å². The molecule has 0 amide bonds. The van der Waals surface area contributed by atoms with Gasteiger partial charge >= 0.3 is 0 Å². The fourth-order valence-electron chi connectivity index (χ4n) is 1.89. The van der Waals surface area contributed by atoms with Crippen molar-refractivity contribution < 1.29 is 0 Å². The molecule has 1 nitrogen and oxygen atoms in total. The van der Waals surface area contributed by atoms with Gasteiger partial charge in [-0.2, -0.15) is 0 Å². The zero-order valence-corrected chi connectivity index (χ0v) is 13.0. The van der Waals surface area contributed by atoms with E-state index in [1.807, 2.05) is 0 Å². The molecule has 1 aromatic rings. The van der Waals surface area contributed by atoms with Gasteiger partial charge in [0.15, 0.2) is 0 Å². The average Bonchev–Trinajstić information content (AvgIpc) is 2.25. The van der Waals surface area contributed by atoms with Gasteiger partial charge in [-0.1, -0.05) is 61.8 Å². The Morgan fingerprint density at radius 3 is 2.41 bits per heavy atom. The number of rotatable bonds is 5. The third kappa shape index (κ3) is 4.81. The highest BCUT2D eigenvalue weighted by Gasteiger charge is 2.24. The smallest absolute Gasteiger partial charge is 0.0207 e. The molecule has 0 aliphatic heterocycles. The topological polar surface area (TPSA) is 12.0 Å². The number of hydrogen-bond donors (Lipinski definition) is 1. The molecule has 0 aromatic heterocycles. The second kappa shape index (κ2) is 6.55. The molecule has 0 spiro atoms. The highest BCUT2D eigenvalue weighted by molar-refractivity contribution is 9.10. The van der Waals surface area contributed by atoms with Crippen LogP contribution in [0.5, 0.6) is 0 Å². The lowest BCUT2D eigenvalue weighted by Crippen LogP contribution is -2.42. The summed E-state index contributed by atoms with van der Waals surface area (Å²) in [4.78, 5) is 0. The van der Waals surface area contributed by atoms with Gasteiger partial charge in [0.1, 0.15) is 0 Å². The predicted molar refractivity (Wildman–Crippen MR) is 79.4 cm³/mol. The Morgan fingerprint density at radius 2 is 1.88 bits per heavy atom. The largest absolute Gasteiger partial charge is 0.313 e. The lowest BCUT2D eigenvalue weighted by Gasteiger charge is -2.32. The molecule has 1 unspecified atom stereocenters. The summed E-state index contributed by atoms with van der Waals surface area (Å²) in [6.45, 7) is 10.2. The summed E-state index contributed by atoms with van der Waals surface area (Å²) in [7, 11) is 0. The summed E-state index contributed by atoms with van der Waals surface area (Å²) in [6, 6.07) is 9.02. The van der Waals surface area contributed by atoms with Gasteiger partial charge in [-0.3, -0.25) is 0 Å². The standard InChI is InChI=1S/C15H24BrN/c1-5-10-17-14(15(2,3)4)11-12-8-6-7-9-13(12)16/h6-9,14,17H,5,10-11H2,1-4H3.